The number of carbonyl (C=O) groups excluding carboxylic acids is 3. The minimum Gasteiger partial charge on any atom is -0.465 e. The third kappa shape index (κ3) is 5.60. The van der Waals surface area contributed by atoms with Crippen LogP contribution in [-0.4, -0.2) is 91.2 Å². The normalized spacial score (nSPS) is 27.4. The molecular weight excluding hydrogens is 550 g/mol. The molecule has 11 heteroatoms. The molecule has 0 aliphatic carbocycles. The first-order valence-electron chi connectivity index (χ1n) is 15.4. The van der Waals surface area contributed by atoms with Gasteiger partial charge in [0.15, 0.2) is 0 Å². The number of hydrogen-bond donors (Lipinski definition) is 1. The zero-order valence-corrected chi connectivity index (χ0v) is 25.0. The molecular formula is C32H43N5O6. The standard InChI is InChI=1S/C32H43N5O6/c1-4-6-7-13-21-42-30(41)26-25-28(39)36(19-11-8-12-20-38)27(32(25)17-16-31(26,3)43-32)29(40)35(18-5-2)22-37-24-15-10-9-14-23(24)33-34-37/h4-5,9-10,14-15,25-27,38H,1-2,6-8,11-13,16-22H2,3H3/t25-,26+,27?,31-,32?/m0/s1. The van der Waals surface area contributed by atoms with E-state index < -0.39 is 35.0 Å². The minimum atomic E-state index is -1.14. The van der Waals surface area contributed by atoms with E-state index >= 15 is 0 Å². The van der Waals surface area contributed by atoms with Gasteiger partial charge in [0, 0.05) is 19.7 Å². The molecule has 232 valence electrons. The molecule has 2 aromatic rings. The highest BCUT2D eigenvalue weighted by Gasteiger charge is 2.78. The van der Waals surface area contributed by atoms with Crippen molar-refractivity contribution in [1.82, 2.24) is 24.8 Å². The van der Waals surface area contributed by atoms with E-state index in [0.717, 1.165) is 18.4 Å². The number of aliphatic hydroxyl groups excluding tert-OH is 1. The first kappa shape index (κ1) is 30.9. The number of allylic oxidation sites excluding steroid dienone is 1. The van der Waals surface area contributed by atoms with Gasteiger partial charge >= 0.3 is 5.97 Å². The number of hydrogen-bond acceptors (Lipinski definition) is 8. The second kappa shape index (κ2) is 13.0. The van der Waals surface area contributed by atoms with Gasteiger partial charge in [-0.3, -0.25) is 14.4 Å². The van der Waals surface area contributed by atoms with Crippen LogP contribution in [0, 0.1) is 11.8 Å². The number of aromatic nitrogens is 3. The smallest absolute Gasteiger partial charge is 0.312 e. The average molecular weight is 594 g/mol. The van der Waals surface area contributed by atoms with Crippen molar-refractivity contribution >= 4 is 28.8 Å². The summed E-state index contributed by atoms with van der Waals surface area (Å²) in [6.45, 7) is 10.5. The van der Waals surface area contributed by atoms with Gasteiger partial charge in [-0.05, 0) is 70.4 Å². The van der Waals surface area contributed by atoms with Crippen molar-refractivity contribution < 1.29 is 29.0 Å². The Labute approximate surface area is 252 Å². The lowest BCUT2D eigenvalue weighted by Crippen LogP contribution is -2.56. The zero-order chi connectivity index (χ0) is 30.6. The summed E-state index contributed by atoms with van der Waals surface area (Å²) in [7, 11) is 0. The fourth-order valence-electron chi connectivity index (χ4n) is 7.26. The summed E-state index contributed by atoms with van der Waals surface area (Å²) in [6.07, 6.45) is 8.84. The largest absolute Gasteiger partial charge is 0.465 e. The van der Waals surface area contributed by atoms with Crippen molar-refractivity contribution in [1.29, 1.82) is 0 Å². The highest BCUT2D eigenvalue weighted by molar-refractivity contribution is 5.98. The lowest BCUT2D eigenvalue weighted by atomic mass is 9.66. The predicted molar refractivity (Wildman–Crippen MR) is 159 cm³/mol. The number of likely N-dealkylation sites (tertiary alicyclic amines) is 1. The molecule has 1 aromatic heterocycles. The van der Waals surface area contributed by atoms with E-state index in [1.165, 1.54) is 0 Å². The number of ether oxygens (including phenoxy) is 2. The molecule has 2 bridgehead atoms. The van der Waals surface area contributed by atoms with Gasteiger partial charge in [0.05, 0.1) is 23.6 Å². The first-order chi connectivity index (χ1) is 20.8. The van der Waals surface area contributed by atoms with Crippen molar-refractivity contribution in [2.45, 2.75) is 82.2 Å². The Balaban J connectivity index is 1.45. The molecule has 3 aliphatic heterocycles. The van der Waals surface area contributed by atoms with Crippen molar-refractivity contribution in [3.8, 4) is 0 Å². The number of carbonyl (C=O) groups is 3. The van der Waals surface area contributed by atoms with Crippen LogP contribution in [-0.2, 0) is 30.5 Å². The molecule has 43 heavy (non-hydrogen) atoms. The second-order valence-corrected chi connectivity index (χ2v) is 12.1. The van der Waals surface area contributed by atoms with Crippen LogP contribution in [0.4, 0.5) is 0 Å². The van der Waals surface area contributed by atoms with E-state index in [4.69, 9.17) is 9.47 Å². The van der Waals surface area contributed by atoms with Gasteiger partial charge in [0.25, 0.3) is 0 Å². The van der Waals surface area contributed by atoms with Gasteiger partial charge in [-0.2, -0.15) is 0 Å². The first-order valence-corrected chi connectivity index (χ1v) is 15.4. The van der Waals surface area contributed by atoms with Crippen LogP contribution in [0.1, 0.15) is 58.3 Å². The number of amides is 2. The highest BCUT2D eigenvalue weighted by Crippen LogP contribution is 2.63. The Morgan fingerprint density at radius 1 is 1.16 bits per heavy atom. The van der Waals surface area contributed by atoms with E-state index in [1.54, 1.807) is 20.6 Å². The fourth-order valence-corrected chi connectivity index (χ4v) is 7.26. The zero-order valence-electron chi connectivity index (χ0n) is 25.0. The van der Waals surface area contributed by atoms with Gasteiger partial charge in [-0.15, -0.1) is 18.3 Å². The fraction of sp³-hybridized carbons (Fsp3) is 0.594. The van der Waals surface area contributed by atoms with E-state index in [0.29, 0.717) is 50.6 Å². The molecule has 1 spiro atoms. The van der Waals surface area contributed by atoms with E-state index in [-0.39, 0.29) is 38.2 Å². The number of rotatable bonds is 16. The van der Waals surface area contributed by atoms with Gasteiger partial charge in [0.2, 0.25) is 11.8 Å². The van der Waals surface area contributed by atoms with Crippen LogP contribution >= 0.6 is 0 Å². The maximum absolute atomic E-state index is 14.6. The third-order valence-corrected chi connectivity index (χ3v) is 9.25. The van der Waals surface area contributed by atoms with Crippen molar-refractivity contribution in [3.63, 3.8) is 0 Å². The summed E-state index contributed by atoms with van der Waals surface area (Å²) in [5, 5.41) is 17.8. The lowest BCUT2D eigenvalue weighted by Gasteiger charge is -2.36. The predicted octanol–water partition coefficient (Wildman–Crippen LogP) is 3.23. The second-order valence-electron chi connectivity index (χ2n) is 12.1. The third-order valence-electron chi connectivity index (χ3n) is 9.25. The van der Waals surface area contributed by atoms with Crippen molar-refractivity contribution in [2.24, 2.45) is 11.8 Å². The summed E-state index contributed by atoms with van der Waals surface area (Å²) in [4.78, 5) is 45.7. The van der Waals surface area contributed by atoms with E-state index in [9.17, 15) is 19.5 Å². The monoisotopic (exact) mass is 593 g/mol. The maximum Gasteiger partial charge on any atom is 0.312 e. The molecule has 5 atom stereocenters. The van der Waals surface area contributed by atoms with Crippen LogP contribution < -0.4 is 0 Å². The molecule has 5 rings (SSSR count). The Morgan fingerprint density at radius 3 is 2.74 bits per heavy atom. The quantitative estimate of drug-likeness (QED) is 0.179. The summed E-state index contributed by atoms with van der Waals surface area (Å²) in [6, 6.07) is 6.60. The SMILES string of the molecule is C=CCCCCOC(=O)[C@H]1[C@H]2C(=O)N(CCCCCO)C(C(=O)N(CC=C)Cn3nnc4ccccc43)C23CC[C@]1(C)O3. The number of esters is 1. The molecule has 3 fully saturated rings. The average Bonchev–Trinajstić information content (AvgIpc) is 3.70. The number of benzene rings is 1. The number of fused-ring (bicyclic) bond motifs is 2. The van der Waals surface area contributed by atoms with Crippen molar-refractivity contribution in [3.05, 3.63) is 49.6 Å². The Morgan fingerprint density at radius 2 is 1.98 bits per heavy atom. The maximum atomic E-state index is 14.6. The topological polar surface area (TPSA) is 127 Å². The van der Waals surface area contributed by atoms with Crippen LogP contribution in [0.5, 0.6) is 0 Å². The molecule has 11 nitrogen and oxygen atoms in total. The van der Waals surface area contributed by atoms with Gasteiger partial charge < -0.3 is 24.4 Å². The summed E-state index contributed by atoms with van der Waals surface area (Å²) < 4.78 is 14.1. The van der Waals surface area contributed by atoms with Gasteiger partial charge in [-0.25, -0.2) is 4.68 Å². The van der Waals surface area contributed by atoms with E-state index in [1.807, 2.05) is 37.3 Å². The van der Waals surface area contributed by atoms with Crippen LogP contribution in [0.25, 0.3) is 11.0 Å². The number of para-hydroxylation sites is 1. The molecule has 2 amide bonds. The minimum absolute atomic E-state index is 0.0595. The number of unbranched alkanes of at least 4 members (excludes halogenated alkanes) is 4. The van der Waals surface area contributed by atoms with Crippen LogP contribution in [0.2, 0.25) is 0 Å². The molecule has 0 saturated carbocycles. The molecule has 1 N–H and O–H groups in total. The number of aliphatic hydroxyl groups is 1. The molecule has 3 saturated heterocycles. The van der Waals surface area contributed by atoms with Crippen LogP contribution in [0.15, 0.2) is 49.6 Å². The van der Waals surface area contributed by atoms with E-state index in [2.05, 4.69) is 23.5 Å². The summed E-state index contributed by atoms with van der Waals surface area (Å²) >= 11 is 0. The van der Waals surface area contributed by atoms with Gasteiger partial charge in [0.1, 0.15) is 29.7 Å². The lowest BCUT2D eigenvalue weighted by molar-refractivity contribution is -0.160. The van der Waals surface area contributed by atoms with Gasteiger partial charge in [-0.1, -0.05) is 29.5 Å². The number of nitrogens with zero attached hydrogens (tertiary/aromatic N) is 5. The summed E-state index contributed by atoms with van der Waals surface area (Å²) in [5.74, 6) is -2.56. The van der Waals surface area contributed by atoms with Crippen molar-refractivity contribution in [2.75, 3.05) is 26.3 Å². The Bertz CT molecular complexity index is 1360. The Kier molecular flexibility index (Phi) is 9.31. The molecule has 4 heterocycles. The van der Waals surface area contributed by atoms with Crippen LogP contribution in [0.3, 0.4) is 0 Å². The summed E-state index contributed by atoms with van der Waals surface area (Å²) in [5.41, 5.74) is -0.544. The Hall–Kier alpha value is -3.57. The molecule has 1 aromatic carbocycles. The molecule has 2 unspecified atom stereocenters. The molecule has 3 aliphatic rings. The highest BCUT2D eigenvalue weighted by atomic mass is 16.6. The molecule has 0 radical (unpaired) electrons.